The van der Waals surface area contributed by atoms with E-state index in [2.05, 4.69) is 38.1 Å². The SMILES string of the molecule is CI.COc1cc(NC(C)=O)c(Cl)cc1C(=O)NC1CCN(CC2CCCCC2)CC1. The maximum atomic E-state index is 12.8. The molecule has 1 aliphatic carbocycles. The first kappa shape index (κ1) is 26.2. The van der Waals surface area contributed by atoms with Crippen molar-refractivity contribution in [2.45, 2.75) is 57.9 Å². The number of carbonyl (C=O) groups excluding carboxylic acids is 2. The summed E-state index contributed by atoms with van der Waals surface area (Å²) in [4.78, 5) is 28.7. The fourth-order valence-corrected chi connectivity index (χ4v) is 4.65. The van der Waals surface area contributed by atoms with Crippen LogP contribution in [0, 0.1) is 5.92 Å². The molecule has 1 aromatic carbocycles. The number of methoxy groups -OCH3 is 1. The van der Waals surface area contributed by atoms with Gasteiger partial charge in [-0.25, -0.2) is 0 Å². The molecule has 1 saturated carbocycles. The maximum Gasteiger partial charge on any atom is 0.255 e. The number of halogens is 2. The average Bonchev–Trinajstić information content (AvgIpc) is 2.78. The van der Waals surface area contributed by atoms with Crippen LogP contribution in [-0.2, 0) is 4.79 Å². The van der Waals surface area contributed by atoms with Crippen molar-refractivity contribution in [2.24, 2.45) is 5.92 Å². The molecule has 0 atom stereocenters. The van der Waals surface area contributed by atoms with Crippen LogP contribution >= 0.6 is 34.2 Å². The van der Waals surface area contributed by atoms with E-state index in [1.165, 1.54) is 52.7 Å². The number of alkyl halides is 1. The Hall–Kier alpha value is -1.06. The number of benzene rings is 1. The number of anilines is 1. The molecular weight excluding hydrogens is 529 g/mol. The number of likely N-dealkylation sites (tertiary alicyclic amines) is 1. The first-order valence-electron chi connectivity index (χ1n) is 11.0. The summed E-state index contributed by atoms with van der Waals surface area (Å²) in [5.41, 5.74) is 0.819. The van der Waals surface area contributed by atoms with Crippen LogP contribution in [0.3, 0.4) is 0 Å². The van der Waals surface area contributed by atoms with Gasteiger partial charge in [-0.3, -0.25) is 9.59 Å². The second kappa shape index (κ2) is 13.5. The van der Waals surface area contributed by atoms with Gasteiger partial charge in [-0.05, 0) is 42.6 Å². The molecule has 0 unspecified atom stereocenters. The maximum absolute atomic E-state index is 12.8. The smallest absolute Gasteiger partial charge is 0.255 e. The summed E-state index contributed by atoms with van der Waals surface area (Å²) in [6.07, 6.45) is 8.79. The predicted molar refractivity (Wildman–Crippen MR) is 136 cm³/mol. The number of hydrogen-bond donors (Lipinski definition) is 2. The molecule has 31 heavy (non-hydrogen) atoms. The number of carbonyl (C=O) groups is 2. The van der Waals surface area contributed by atoms with Crippen LogP contribution in [0.15, 0.2) is 12.1 Å². The summed E-state index contributed by atoms with van der Waals surface area (Å²) >= 11 is 8.39. The molecule has 2 fully saturated rings. The van der Waals surface area contributed by atoms with Crippen LogP contribution < -0.4 is 15.4 Å². The number of rotatable bonds is 6. The second-order valence-corrected chi connectivity index (χ2v) is 8.67. The summed E-state index contributed by atoms with van der Waals surface area (Å²) in [6.45, 7) is 4.67. The van der Waals surface area contributed by atoms with E-state index in [1.807, 2.05) is 4.93 Å². The quantitative estimate of drug-likeness (QED) is 0.372. The first-order valence-corrected chi connectivity index (χ1v) is 13.6. The number of nitrogens with zero attached hydrogens (tertiary/aromatic N) is 1. The van der Waals surface area contributed by atoms with Crippen LogP contribution in [0.25, 0.3) is 0 Å². The molecule has 2 N–H and O–H groups in total. The van der Waals surface area contributed by atoms with E-state index in [-0.39, 0.29) is 17.9 Å². The second-order valence-electron chi connectivity index (χ2n) is 8.27. The topological polar surface area (TPSA) is 70.7 Å². The first-order chi connectivity index (χ1) is 15.0. The van der Waals surface area contributed by atoms with Crippen molar-refractivity contribution in [3.8, 4) is 5.75 Å². The van der Waals surface area contributed by atoms with E-state index < -0.39 is 0 Å². The minimum atomic E-state index is -0.230. The van der Waals surface area contributed by atoms with Gasteiger partial charge in [0.15, 0.2) is 0 Å². The Bertz CT molecular complexity index is 733. The number of nitrogens with one attached hydrogen (secondary N) is 2. The van der Waals surface area contributed by atoms with Gasteiger partial charge in [-0.1, -0.05) is 53.5 Å². The molecule has 1 aromatic rings. The highest BCUT2D eigenvalue weighted by Crippen LogP contribution is 2.31. The Morgan fingerprint density at radius 3 is 2.35 bits per heavy atom. The Morgan fingerprint density at radius 2 is 1.77 bits per heavy atom. The highest BCUT2D eigenvalue weighted by molar-refractivity contribution is 14.1. The number of piperidine rings is 1. The van der Waals surface area contributed by atoms with Gasteiger partial charge in [-0.15, -0.1) is 0 Å². The van der Waals surface area contributed by atoms with Gasteiger partial charge in [0.05, 0.1) is 23.4 Å². The number of ether oxygens (including phenoxy) is 1. The molecule has 1 aliphatic heterocycles. The zero-order valence-corrected chi connectivity index (χ0v) is 21.7. The molecule has 0 aromatic heterocycles. The van der Waals surface area contributed by atoms with Crippen molar-refractivity contribution >= 4 is 51.7 Å². The summed E-state index contributed by atoms with van der Waals surface area (Å²) in [7, 11) is 1.50. The third-order valence-electron chi connectivity index (χ3n) is 6.01. The van der Waals surface area contributed by atoms with Gasteiger partial charge in [-0.2, -0.15) is 0 Å². The Labute approximate surface area is 204 Å². The number of amides is 2. The van der Waals surface area contributed by atoms with Crippen molar-refractivity contribution in [3.63, 3.8) is 0 Å². The van der Waals surface area contributed by atoms with Crippen molar-refractivity contribution in [2.75, 3.05) is 37.0 Å². The zero-order chi connectivity index (χ0) is 22.8. The molecule has 1 heterocycles. The monoisotopic (exact) mass is 563 g/mol. The lowest BCUT2D eigenvalue weighted by atomic mass is 9.88. The van der Waals surface area contributed by atoms with E-state index >= 15 is 0 Å². The van der Waals surface area contributed by atoms with Gasteiger partial charge in [0, 0.05) is 38.7 Å². The molecule has 0 spiro atoms. The van der Waals surface area contributed by atoms with Crippen LogP contribution in [-0.4, -0.2) is 54.4 Å². The summed E-state index contributed by atoms with van der Waals surface area (Å²) in [5, 5.41) is 6.09. The molecule has 3 rings (SSSR count). The van der Waals surface area contributed by atoms with E-state index in [0.717, 1.165) is 31.8 Å². The lowest BCUT2D eigenvalue weighted by Crippen LogP contribution is -2.46. The summed E-state index contributed by atoms with van der Waals surface area (Å²) in [5.74, 6) is 0.823. The highest BCUT2D eigenvalue weighted by Gasteiger charge is 2.25. The summed E-state index contributed by atoms with van der Waals surface area (Å²) < 4.78 is 5.36. The minimum absolute atomic E-state index is 0.156. The fraction of sp³-hybridized carbons (Fsp3) is 0.652. The van der Waals surface area contributed by atoms with E-state index in [9.17, 15) is 9.59 Å². The van der Waals surface area contributed by atoms with Crippen LogP contribution in [0.4, 0.5) is 5.69 Å². The molecule has 0 radical (unpaired) electrons. The van der Waals surface area contributed by atoms with E-state index in [0.29, 0.717) is 22.0 Å². The molecule has 1 saturated heterocycles. The highest BCUT2D eigenvalue weighted by atomic mass is 127. The minimum Gasteiger partial charge on any atom is -0.496 e. The predicted octanol–water partition coefficient (Wildman–Crippen LogP) is 5.13. The van der Waals surface area contributed by atoms with Crippen molar-refractivity contribution < 1.29 is 14.3 Å². The molecule has 2 amide bonds. The van der Waals surface area contributed by atoms with Gasteiger partial charge >= 0.3 is 0 Å². The average molecular weight is 564 g/mol. The molecule has 6 nitrogen and oxygen atoms in total. The third kappa shape index (κ3) is 8.09. The van der Waals surface area contributed by atoms with Gasteiger partial charge < -0.3 is 20.3 Å². The van der Waals surface area contributed by atoms with Crippen LogP contribution in [0.5, 0.6) is 5.75 Å². The molecule has 174 valence electrons. The van der Waals surface area contributed by atoms with E-state index in [4.69, 9.17) is 16.3 Å². The van der Waals surface area contributed by atoms with Crippen LogP contribution in [0.2, 0.25) is 5.02 Å². The zero-order valence-electron chi connectivity index (χ0n) is 18.8. The van der Waals surface area contributed by atoms with Crippen LogP contribution in [0.1, 0.15) is 62.2 Å². The lowest BCUT2D eigenvalue weighted by Gasteiger charge is -2.35. The van der Waals surface area contributed by atoms with Crippen molar-refractivity contribution in [3.05, 3.63) is 22.7 Å². The standard InChI is InChI=1S/C22H32ClN3O3.CH3I/c1-15(27)24-20-13-21(29-2)18(12-19(20)23)22(28)25-17-8-10-26(11-9-17)14-16-6-4-3-5-7-16;1-2/h12-13,16-17H,3-11,14H2,1-2H3,(H,24,27)(H,25,28);1H3. The Kier molecular flexibility index (Phi) is 11.4. The van der Waals surface area contributed by atoms with Crippen molar-refractivity contribution in [1.29, 1.82) is 0 Å². The Morgan fingerprint density at radius 1 is 1.13 bits per heavy atom. The fourth-order valence-electron chi connectivity index (χ4n) is 4.44. The largest absolute Gasteiger partial charge is 0.496 e. The third-order valence-corrected chi connectivity index (χ3v) is 6.32. The molecular formula is C23H35ClIN3O3. The van der Waals surface area contributed by atoms with E-state index in [1.54, 1.807) is 12.1 Å². The van der Waals surface area contributed by atoms with Gasteiger partial charge in [0.2, 0.25) is 5.91 Å². The van der Waals surface area contributed by atoms with Gasteiger partial charge in [0.25, 0.3) is 5.91 Å². The molecule has 0 bridgehead atoms. The summed E-state index contributed by atoms with van der Waals surface area (Å²) in [6, 6.07) is 3.30. The van der Waals surface area contributed by atoms with Crippen molar-refractivity contribution in [1.82, 2.24) is 10.2 Å². The molecule has 2 aliphatic rings. The Balaban J connectivity index is 0.00000166. The molecule has 8 heteroatoms. The lowest BCUT2D eigenvalue weighted by molar-refractivity contribution is -0.114. The normalized spacial score (nSPS) is 18.0. The number of hydrogen-bond acceptors (Lipinski definition) is 4. The van der Waals surface area contributed by atoms with Gasteiger partial charge in [0.1, 0.15) is 5.75 Å².